The van der Waals surface area contributed by atoms with Gasteiger partial charge in [-0.05, 0) is 11.6 Å². The molecule has 0 fully saturated rings. The monoisotopic (exact) mass is 198 g/mol. The first-order valence-corrected chi connectivity index (χ1v) is 4.63. The summed E-state index contributed by atoms with van der Waals surface area (Å²) in [6.45, 7) is 0. The van der Waals surface area contributed by atoms with Crippen LogP contribution >= 0.6 is 0 Å². The van der Waals surface area contributed by atoms with Crippen LogP contribution in [0.2, 0.25) is 0 Å². The molecule has 15 heavy (non-hydrogen) atoms. The summed E-state index contributed by atoms with van der Waals surface area (Å²) in [6, 6.07) is 14.6. The van der Waals surface area contributed by atoms with E-state index in [-0.39, 0.29) is 5.56 Å². The predicted molar refractivity (Wildman–Crippen MR) is 60.1 cm³/mol. The topological polar surface area (TPSA) is 34.4 Å². The van der Waals surface area contributed by atoms with Gasteiger partial charge in [-0.3, -0.25) is 4.79 Å². The molecule has 0 spiro atoms. The molecule has 0 saturated carbocycles. The molecule has 0 bridgehead atoms. The van der Waals surface area contributed by atoms with Crippen molar-refractivity contribution in [3.63, 3.8) is 0 Å². The summed E-state index contributed by atoms with van der Waals surface area (Å²) in [5, 5.41) is 4.06. The van der Waals surface area contributed by atoms with Gasteiger partial charge in [-0.2, -0.15) is 5.10 Å². The molecule has 2 rings (SSSR count). The Morgan fingerprint density at radius 3 is 2.47 bits per heavy atom. The zero-order chi connectivity index (χ0) is 10.5. The van der Waals surface area contributed by atoms with Crippen molar-refractivity contribution in [1.82, 2.24) is 4.68 Å². The van der Waals surface area contributed by atoms with Gasteiger partial charge in [-0.15, -0.1) is 0 Å². The maximum atomic E-state index is 11.3. The van der Waals surface area contributed by atoms with Gasteiger partial charge < -0.3 is 0 Å². The Balaban J connectivity index is 2.27. The summed E-state index contributed by atoms with van der Waals surface area (Å²) in [5.41, 5.74) is 0.831. The van der Waals surface area contributed by atoms with Gasteiger partial charge in [0.15, 0.2) is 0 Å². The quantitative estimate of drug-likeness (QED) is 0.677. The van der Waals surface area contributed by atoms with Crippen LogP contribution in [0.4, 0.5) is 0 Å². The standard InChI is InChI=1S/C12H10N2O/c15-12-8-4-5-9-14(12)13-10-11-6-2-1-3-7-11/h1-10H. The van der Waals surface area contributed by atoms with Gasteiger partial charge in [0.2, 0.25) is 0 Å². The van der Waals surface area contributed by atoms with E-state index in [2.05, 4.69) is 5.10 Å². The van der Waals surface area contributed by atoms with Crippen molar-refractivity contribution in [2.24, 2.45) is 5.10 Å². The molecule has 74 valence electrons. The molecule has 1 heterocycles. The van der Waals surface area contributed by atoms with Gasteiger partial charge in [0.05, 0.1) is 6.21 Å². The molecule has 0 atom stereocenters. The second kappa shape index (κ2) is 4.37. The van der Waals surface area contributed by atoms with Crippen molar-refractivity contribution in [2.75, 3.05) is 0 Å². The highest BCUT2D eigenvalue weighted by molar-refractivity contribution is 5.79. The van der Waals surface area contributed by atoms with Crippen molar-refractivity contribution >= 4 is 6.21 Å². The first kappa shape index (κ1) is 9.40. The molecule has 0 aliphatic carbocycles. The van der Waals surface area contributed by atoms with Gasteiger partial charge in [0.1, 0.15) is 0 Å². The maximum absolute atomic E-state index is 11.3. The molecule has 3 heteroatoms. The minimum Gasteiger partial charge on any atom is -0.267 e. The lowest BCUT2D eigenvalue weighted by Gasteiger charge is -1.95. The van der Waals surface area contributed by atoms with Crippen LogP contribution in [0.15, 0.2) is 64.6 Å². The summed E-state index contributed by atoms with van der Waals surface area (Å²) in [7, 11) is 0. The molecular formula is C12H10N2O. The second-order valence-corrected chi connectivity index (χ2v) is 3.04. The van der Waals surface area contributed by atoms with E-state index >= 15 is 0 Å². The average Bonchev–Trinajstić information content (AvgIpc) is 2.29. The highest BCUT2D eigenvalue weighted by Gasteiger charge is 1.88. The molecule has 0 N–H and O–H groups in total. The van der Waals surface area contributed by atoms with Crippen LogP contribution < -0.4 is 5.56 Å². The van der Waals surface area contributed by atoms with E-state index in [1.807, 2.05) is 30.3 Å². The lowest BCUT2D eigenvalue weighted by Crippen LogP contribution is -2.13. The third-order valence-electron chi connectivity index (χ3n) is 1.93. The Morgan fingerprint density at radius 2 is 1.73 bits per heavy atom. The van der Waals surface area contributed by atoms with Gasteiger partial charge in [0.25, 0.3) is 5.56 Å². The van der Waals surface area contributed by atoms with Crippen molar-refractivity contribution in [2.45, 2.75) is 0 Å². The maximum Gasteiger partial charge on any atom is 0.270 e. The summed E-state index contributed by atoms with van der Waals surface area (Å²) in [4.78, 5) is 11.3. The first-order valence-electron chi connectivity index (χ1n) is 4.63. The predicted octanol–water partition coefficient (Wildman–Crippen LogP) is 1.73. The van der Waals surface area contributed by atoms with Gasteiger partial charge in [-0.1, -0.05) is 36.4 Å². The van der Waals surface area contributed by atoms with E-state index < -0.39 is 0 Å². The number of benzene rings is 1. The lowest BCUT2D eigenvalue weighted by atomic mass is 10.2. The lowest BCUT2D eigenvalue weighted by molar-refractivity contribution is 0.833. The molecule has 1 aromatic carbocycles. The minimum atomic E-state index is -0.135. The summed E-state index contributed by atoms with van der Waals surface area (Å²) >= 11 is 0. The SMILES string of the molecule is O=c1ccccn1N=Cc1ccccc1. The van der Waals surface area contributed by atoms with Crippen molar-refractivity contribution in [3.05, 3.63) is 70.6 Å². The van der Waals surface area contributed by atoms with E-state index in [9.17, 15) is 4.79 Å². The van der Waals surface area contributed by atoms with E-state index in [0.29, 0.717) is 0 Å². The summed E-state index contributed by atoms with van der Waals surface area (Å²) in [6.07, 6.45) is 3.28. The summed E-state index contributed by atoms with van der Waals surface area (Å²) < 4.78 is 1.30. The Morgan fingerprint density at radius 1 is 1.00 bits per heavy atom. The Kier molecular flexibility index (Phi) is 2.74. The fourth-order valence-corrected chi connectivity index (χ4v) is 1.18. The Bertz CT molecular complexity index is 514. The van der Waals surface area contributed by atoms with Crippen LogP contribution in [-0.4, -0.2) is 10.9 Å². The Hall–Kier alpha value is -2.16. The van der Waals surface area contributed by atoms with Crippen molar-refractivity contribution < 1.29 is 0 Å². The van der Waals surface area contributed by atoms with E-state index in [4.69, 9.17) is 0 Å². The summed E-state index contributed by atoms with van der Waals surface area (Å²) in [5.74, 6) is 0. The third kappa shape index (κ3) is 2.40. The molecule has 1 aromatic heterocycles. The highest BCUT2D eigenvalue weighted by atomic mass is 16.1. The number of pyridine rings is 1. The van der Waals surface area contributed by atoms with E-state index in [1.165, 1.54) is 10.7 Å². The molecule has 3 nitrogen and oxygen atoms in total. The second-order valence-electron chi connectivity index (χ2n) is 3.04. The molecule has 0 aliphatic heterocycles. The van der Waals surface area contributed by atoms with Crippen LogP contribution in [-0.2, 0) is 0 Å². The van der Waals surface area contributed by atoms with Crippen molar-refractivity contribution in [1.29, 1.82) is 0 Å². The van der Waals surface area contributed by atoms with Gasteiger partial charge >= 0.3 is 0 Å². The molecule has 0 unspecified atom stereocenters. The molecule has 0 aliphatic rings. The number of hydrogen-bond donors (Lipinski definition) is 0. The fraction of sp³-hybridized carbons (Fsp3) is 0. The van der Waals surface area contributed by atoms with E-state index in [1.54, 1.807) is 24.5 Å². The molecule has 0 amide bonds. The smallest absolute Gasteiger partial charge is 0.267 e. The van der Waals surface area contributed by atoms with Gasteiger partial charge in [-0.25, -0.2) is 4.68 Å². The zero-order valence-electron chi connectivity index (χ0n) is 8.08. The van der Waals surface area contributed by atoms with Crippen LogP contribution in [0.25, 0.3) is 0 Å². The number of nitrogens with zero attached hydrogens (tertiary/aromatic N) is 2. The van der Waals surface area contributed by atoms with Crippen LogP contribution in [0.3, 0.4) is 0 Å². The molecule has 0 radical (unpaired) electrons. The molecule has 2 aromatic rings. The minimum absolute atomic E-state index is 0.135. The van der Waals surface area contributed by atoms with Crippen LogP contribution in [0.1, 0.15) is 5.56 Å². The third-order valence-corrected chi connectivity index (χ3v) is 1.93. The number of rotatable bonds is 2. The fourth-order valence-electron chi connectivity index (χ4n) is 1.18. The van der Waals surface area contributed by atoms with E-state index in [0.717, 1.165) is 5.56 Å². The number of aromatic nitrogens is 1. The van der Waals surface area contributed by atoms with Crippen LogP contribution in [0, 0.1) is 0 Å². The Labute approximate surface area is 87.3 Å². The average molecular weight is 198 g/mol. The zero-order valence-corrected chi connectivity index (χ0v) is 8.08. The van der Waals surface area contributed by atoms with Crippen molar-refractivity contribution in [3.8, 4) is 0 Å². The van der Waals surface area contributed by atoms with Crippen LogP contribution in [0.5, 0.6) is 0 Å². The number of hydrogen-bond acceptors (Lipinski definition) is 2. The molecule has 0 saturated heterocycles. The van der Waals surface area contributed by atoms with Gasteiger partial charge in [0, 0.05) is 12.3 Å². The molecular weight excluding hydrogens is 188 g/mol. The largest absolute Gasteiger partial charge is 0.270 e. The highest BCUT2D eigenvalue weighted by Crippen LogP contribution is 1.93. The first-order chi connectivity index (χ1) is 7.36. The normalized spacial score (nSPS) is 10.7.